The van der Waals surface area contributed by atoms with E-state index < -0.39 is 11.6 Å². The number of ether oxygens (including phenoxy) is 1. The average Bonchev–Trinajstić information content (AvgIpc) is 2.18. The predicted molar refractivity (Wildman–Crippen MR) is 58.0 cm³/mol. The Labute approximate surface area is 95.5 Å². The third-order valence-corrected chi connectivity index (χ3v) is 2.71. The molecule has 0 aliphatic carbocycles. The molecule has 0 spiro atoms. The second kappa shape index (κ2) is 4.90. The van der Waals surface area contributed by atoms with Gasteiger partial charge in [-0.2, -0.15) is 0 Å². The van der Waals surface area contributed by atoms with Crippen molar-refractivity contribution in [2.24, 2.45) is 5.73 Å². The van der Waals surface area contributed by atoms with E-state index in [9.17, 15) is 8.78 Å². The Morgan fingerprint density at radius 3 is 2.60 bits per heavy atom. The first kappa shape index (κ1) is 12.4. The number of hydrogen-bond acceptors (Lipinski definition) is 2. The Bertz CT molecular complexity index is 369. The molecule has 1 atom stereocenters. The van der Waals surface area contributed by atoms with Crippen molar-refractivity contribution in [3.63, 3.8) is 0 Å². The number of halogens is 3. The quantitative estimate of drug-likeness (QED) is 0.864. The van der Waals surface area contributed by atoms with E-state index >= 15 is 0 Å². The predicted octanol–water partition coefficient (Wildman–Crippen LogP) is 2.63. The molecule has 0 aliphatic heterocycles. The highest BCUT2D eigenvalue weighted by molar-refractivity contribution is 9.10. The van der Waals surface area contributed by atoms with Crippen molar-refractivity contribution >= 4 is 15.9 Å². The van der Waals surface area contributed by atoms with Gasteiger partial charge in [0.1, 0.15) is 17.4 Å². The van der Waals surface area contributed by atoms with Gasteiger partial charge in [-0.3, -0.25) is 0 Å². The molecule has 84 valence electrons. The highest BCUT2D eigenvalue weighted by Crippen LogP contribution is 2.32. The smallest absolute Gasteiger partial charge is 0.147 e. The van der Waals surface area contributed by atoms with Crippen LogP contribution in [-0.2, 0) is 6.42 Å². The summed E-state index contributed by atoms with van der Waals surface area (Å²) in [6.07, 6.45) is 0.153. The van der Waals surface area contributed by atoms with Crippen LogP contribution >= 0.6 is 15.9 Å². The maximum atomic E-state index is 13.6. The fraction of sp³-hybridized carbons (Fsp3) is 0.400. The van der Waals surface area contributed by atoms with Crippen molar-refractivity contribution in [3.8, 4) is 5.75 Å². The Kier molecular flexibility index (Phi) is 4.04. The highest BCUT2D eigenvalue weighted by Gasteiger charge is 2.18. The summed E-state index contributed by atoms with van der Waals surface area (Å²) in [5.74, 6) is -1.15. The molecule has 0 saturated carbocycles. The lowest BCUT2D eigenvalue weighted by molar-refractivity contribution is 0.400. The van der Waals surface area contributed by atoms with E-state index in [-0.39, 0.29) is 28.2 Å². The van der Waals surface area contributed by atoms with Crippen molar-refractivity contribution in [3.05, 3.63) is 27.7 Å². The van der Waals surface area contributed by atoms with Crippen molar-refractivity contribution in [2.75, 3.05) is 7.11 Å². The summed E-state index contributed by atoms with van der Waals surface area (Å²) >= 11 is 3.01. The molecule has 0 aliphatic rings. The third-order valence-electron chi connectivity index (χ3n) is 1.97. The lowest BCUT2D eigenvalue weighted by atomic mass is 10.1. The molecular weight excluding hydrogens is 268 g/mol. The summed E-state index contributed by atoms with van der Waals surface area (Å²) in [4.78, 5) is 0. The second-order valence-electron chi connectivity index (χ2n) is 3.35. The molecular formula is C10H12BrF2NO. The maximum Gasteiger partial charge on any atom is 0.147 e. The molecule has 1 rings (SSSR count). The number of benzene rings is 1. The summed E-state index contributed by atoms with van der Waals surface area (Å²) in [5.41, 5.74) is 5.49. The monoisotopic (exact) mass is 279 g/mol. The van der Waals surface area contributed by atoms with Gasteiger partial charge < -0.3 is 10.5 Å². The van der Waals surface area contributed by atoms with Gasteiger partial charge in [-0.1, -0.05) is 0 Å². The van der Waals surface area contributed by atoms with Gasteiger partial charge in [0, 0.05) is 17.7 Å². The Morgan fingerprint density at radius 2 is 2.13 bits per heavy atom. The SMILES string of the molecule is COc1cc(F)c(CC(C)N)c(F)c1Br. The molecule has 0 bridgehead atoms. The highest BCUT2D eigenvalue weighted by atomic mass is 79.9. The number of nitrogens with two attached hydrogens (primary N) is 1. The molecule has 0 aromatic heterocycles. The second-order valence-corrected chi connectivity index (χ2v) is 4.14. The lowest BCUT2D eigenvalue weighted by Gasteiger charge is -2.11. The van der Waals surface area contributed by atoms with Gasteiger partial charge in [-0.25, -0.2) is 8.78 Å². The van der Waals surface area contributed by atoms with E-state index in [1.54, 1.807) is 6.92 Å². The third kappa shape index (κ3) is 2.66. The minimum Gasteiger partial charge on any atom is -0.495 e. The summed E-state index contributed by atoms with van der Waals surface area (Å²) in [6, 6.07) is 0.847. The molecule has 0 amide bonds. The first-order valence-electron chi connectivity index (χ1n) is 4.43. The number of methoxy groups -OCH3 is 1. The summed E-state index contributed by atoms with van der Waals surface area (Å²) in [5, 5.41) is 0. The van der Waals surface area contributed by atoms with Gasteiger partial charge in [-0.05, 0) is 29.3 Å². The fourth-order valence-electron chi connectivity index (χ4n) is 1.27. The van der Waals surface area contributed by atoms with Crippen LogP contribution in [0, 0.1) is 11.6 Å². The normalized spacial score (nSPS) is 12.7. The molecule has 0 heterocycles. The van der Waals surface area contributed by atoms with E-state index in [1.165, 1.54) is 7.11 Å². The molecule has 0 fully saturated rings. The van der Waals surface area contributed by atoms with Crippen LogP contribution in [-0.4, -0.2) is 13.2 Å². The lowest BCUT2D eigenvalue weighted by Crippen LogP contribution is -2.19. The average molecular weight is 280 g/mol. The van der Waals surface area contributed by atoms with Gasteiger partial charge in [-0.15, -0.1) is 0 Å². The molecule has 5 heteroatoms. The van der Waals surface area contributed by atoms with Gasteiger partial charge in [0.05, 0.1) is 11.6 Å². The zero-order valence-corrected chi connectivity index (χ0v) is 10.1. The Morgan fingerprint density at radius 1 is 1.53 bits per heavy atom. The first-order chi connectivity index (χ1) is 6.97. The molecule has 2 nitrogen and oxygen atoms in total. The van der Waals surface area contributed by atoms with E-state index in [0.29, 0.717) is 0 Å². The van der Waals surface area contributed by atoms with Crippen molar-refractivity contribution in [1.82, 2.24) is 0 Å². The minimum atomic E-state index is -0.649. The fourth-order valence-corrected chi connectivity index (χ4v) is 1.78. The van der Waals surface area contributed by atoms with Crippen LogP contribution in [0.2, 0.25) is 0 Å². The molecule has 1 unspecified atom stereocenters. The zero-order valence-electron chi connectivity index (χ0n) is 8.48. The molecule has 2 N–H and O–H groups in total. The molecule has 15 heavy (non-hydrogen) atoms. The van der Waals surface area contributed by atoms with Crippen LogP contribution in [0.3, 0.4) is 0 Å². The number of rotatable bonds is 3. The van der Waals surface area contributed by atoms with Crippen molar-refractivity contribution in [2.45, 2.75) is 19.4 Å². The first-order valence-corrected chi connectivity index (χ1v) is 5.22. The number of hydrogen-bond donors (Lipinski definition) is 1. The molecule has 1 aromatic rings. The topological polar surface area (TPSA) is 35.2 Å². The molecule has 1 aromatic carbocycles. The van der Waals surface area contributed by atoms with Crippen LogP contribution < -0.4 is 10.5 Å². The zero-order chi connectivity index (χ0) is 11.6. The largest absolute Gasteiger partial charge is 0.495 e. The van der Waals surface area contributed by atoms with E-state index in [2.05, 4.69) is 15.9 Å². The van der Waals surface area contributed by atoms with Crippen LogP contribution in [0.4, 0.5) is 8.78 Å². The summed E-state index contributed by atoms with van der Waals surface area (Å²) < 4.78 is 32.0. The van der Waals surface area contributed by atoms with Crippen molar-refractivity contribution < 1.29 is 13.5 Å². The standard InChI is InChI=1S/C10H12BrF2NO/c1-5(14)3-6-7(12)4-8(15-2)9(11)10(6)13/h4-5H,3,14H2,1-2H3. The van der Waals surface area contributed by atoms with E-state index in [1.807, 2.05) is 0 Å². The summed E-state index contributed by atoms with van der Waals surface area (Å²) in [6.45, 7) is 1.69. The maximum absolute atomic E-state index is 13.6. The Balaban J connectivity index is 3.23. The van der Waals surface area contributed by atoms with Crippen LogP contribution in [0.25, 0.3) is 0 Å². The van der Waals surface area contributed by atoms with Gasteiger partial charge >= 0.3 is 0 Å². The minimum absolute atomic E-state index is 0.0160. The van der Waals surface area contributed by atoms with Gasteiger partial charge in [0.2, 0.25) is 0 Å². The van der Waals surface area contributed by atoms with Gasteiger partial charge in [0.25, 0.3) is 0 Å². The molecule has 0 saturated heterocycles. The van der Waals surface area contributed by atoms with Crippen molar-refractivity contribution in [1.29, 1.82) is 0 Å². The van der Waals surface area contributed by atoms with Crippen LogP contribution in [0.15, 0.2) is 10.5 Å². The Hall–Kier alpha value is -0.680. The molecule has 0 radical (unpaired) electrons. The van der Waals surface area contributed by atoms with Crippen LogP contribution in [0.1, 0.15) is 12.5 Å². The van der Waals surface area contributed by atoms with Crippen LogP contribution in [0.5, 0.6) is 5.75 Å². The van der Waals surface area contributed by atoms with E-state index in [4.69, 9.17) is 10.5 Å². The van der Waals surface area contributed by atoms with E-state index in [0.717, 1.165) is 6.07 Å². The van der Waals surface area contributed by atoms with Gasteiger partial charge in [0.15, 0.2) is 0 Å². The summed E-state index contributed by atoms with van der Waals surface area (Å²) in [7, 11) is 1.35.